The van der Waals surface area contributed by atoms with Crippen molar-refractivity contribution in [3.05, 3.63) is 28.2 Å². The van der Waals surface area contributed by atoms with Crippen LogP contribution in [0.5, 0.6) is 0 Å². The zero-order chi connectivity index (χ0) is 5.98. The van der Waals surface area contributed by atoms with Gasteiger partial charge >= 0.3 is 0 Å². The quantitative estimate of drug-likeness (QED) is 0.660. The molecule has 0 N–H and O–H groups in total. The van der Waals surface area contributed by atoms with Crippen LogP contribution in [0.1, 0.15) is 5.69 Å². The third-order valence-electron chi connectivity index (χ3n) is 0.773. The number of aromatic nitrogens is 2. The Bertz CT molecular complexity index is 212. The van der Waals surface area contributed by atoms with Crippen molar-refractivity contribution in [1.29, 1.82) is 0 Å². The minimum atomic E-state index is -0.282. The summed E-state index contributed by atoms with van der Waals surface area (Å²) in [6.07, 6.45) is 0. The van der Waals surface area contributed by atoms with Crippen LogP contribution in [0, 0.1) is 6.92 Å². The number of nitrogens with zero attached hydrogens (tertiary/aromatic N) is 2. The summed E-state index contributed by atoms with van der Waals surface area (Å²) in [6, 6.07) is 3.03. The molecule has 9 heavy (non-hydrogen) atoms. The molecule has 0 spiro atoms. The summed E-state index contributed by atoms with van der Waals surface area (Å²) < 4.78 is 0. The monoisotopic (exact) mass is 296 g/mol. The molecule has 0 aliphatic rings. The second-order valence-corrected chi connectivity index (χ2v) is 1.51. The van der Waals surface area contributed by atoms with Crippen molar-refractivity contribution in [3.63, 3.8) is 0 Å². The van der Waals surface area contributed by atoms with Crippen LogP contribution >= 0.6 is 0 Å². The average molecular weight is 295 g/mol. The third-order valence-corrected chi connectivity index (χ3v) is 0.773. The van der Waals surface area contributed by atoms with Gasteiger partial charge in [-0.25, -0.2) is 0 Å². The smallest absolute Gasteiger partial charge is 0.0914 e. The molecule has 1 aromatic heterocycles. The molecule has 1 rings (SSSR count). The van der Waals surface area contributed by atoms with E-state index >= 15 is 0 Å². The predicted octanol–water partition coefficient (Wildman–Crippen LogP) is -0.295. The van der Waals surface area contributed by atoms with E-state index in [9.17, 15) is 4.79 Å². The van der Waals surface area contributed by atoms with Crippen molar-refractivity contribution in [2.45, 2.75) is 6.92 Å². The molecular weight excluding hydrogens is 290 g/mol. The van der Waals surface area contributed by atoms with Crippen molar-refractivity contribution in [2.24, 2.45) is 0 Å². The van der Waals surface area contributed by atoms with Crippen molar-refractivity contribution in [2.75, 3.05) is 0 Å². The fourth-order valence-electron chi connectivity index (χ4n) is 0.387. The van der Waals surface area contributed by atoms with Gasteiger partial charge in [-0.15, -0.1) is 0 Å². The maximum absolute atomic E-state index is 10.2. The maximum atomic E-state index is 10.2. The summed E-state index contributed by atoms with van der Waals surface area (Å²) in [5, 5.41) is 6.79. The molecule has 0 atom stereocenters. The first-order chi connectivity index (χ1) is 3.79. The first-order valence-electron chi connectivity index (χ1n) is 2.26. The fraction of sp³-hybridized carbons (Fsp3) is 0.200. The molecule has 4 heteroatoms. The Morgan fingerprint density at radius 2 is 2.22 bits per heavy atom. The molecule has 0 amide bonds. The van der Waals surface area contributed by atoms with Crippen molar-refractivity contribution < 1.29 is 20.4 Å². The van der Waals surface area contributed by atoms with Gasteiger partial charge in [-0.3, -0.25) is 0 Å². The Morgan fingerprint density at radius 1 is 1.56 bits per heavy atom. The Morgan fingerprint density at radius 3 is 2.56 bits per heavy atom. The van der Waals surface area contributed by atoms with E-state index < -0.39 is 0 Å². The van der Waals surface area contributed by atoms with Crippen LogP contribution in [0.4, 0.5) is 0 Å². The van der Waals surface area contributed by atoms with Crippen LogP contribution < -0.4 is 10.7 Å². The molecule has 0 aliphatic carbocycles. The van der Waals surface area contributed by atoms with Crippen LogP contribution in [0.15, 0.2) is 16.9 Å². The molecule has 0 unspecified atom stereocenters. The minimum absolute atomic E-state index is 0. The minimum Gasteiger partial charge on any atom is -0.541 e. The van der Waals surface area contributed by atoms with E-state index in [1.165, 1.54) is 6.07 Å². The van der Waals surface area contributed by atoms with Crippen LogP contribution in [-0.2, 0) is 20.4 Å². The maximum Gasteiger partial charge on any atom is 0.0914 e. The summed E-state index contributed by atoms with van der Waals surface area (Å²) in [4.78, 5) is 10.2. The molecule has 1 aromatic rings. The van der Waals surface area contributed by atoms with E-state index in [4.69, 9.17) is 0 Å². The summed E-state index contributed by atoms with van der Waals surface area (Å²) in [7, 11) is 0. The van der Waals surface area contributed by atoms with E-state index in [1.807, 2.05) is 0 Å². The molecule has 0 saturated heterocycles. The van der Waals surface area contributed by atoms with E-state index in [2.05, 4.69) is 10.2 Å². The van der Waals surface area contributed by atoms with Crippen LogP contribution in [0.3, 0.4) is 0 Å². The van der Waals surface area contributed by atoms with Crippen molar-refractivity contribution in [1.82, 2.24) is 10.2 Å². The van der Waals surface area contributed by atoms with Gasteiger partial charge in [0.05, 0.1) is 5.56 Å². The summed E-state index contributed by atoms with van der Waals surface area (Å²) in [5.74, 6) is 0. The van der Waals surface area contributed by atoms with Gasteiger partial charge in [0.1, 0.15) is 0 Å². The van der Waals surface area contributed by atoms with Gasteiger partial charge in [-0.2, -0.15) is 0 Å². The fourth-order valence-corrected chi connectivity index (χ4v) is 0.387. The SMILES string of the molecule is Cc1ccc(=O)[n-]n1.[Re]. The Kier molecular flexibility index (Phi) is 3.37. The Hall–Kier alpha value is -0.458. The van der Waals surface area contributed by atoms with Gasteiger partial charge in [-0.05, 0) is 19.1 Å². The molecular formula is C5H5N2ORe-. The second-order valence-electron chi connectivity index (χ2n) is 1.51. The number of hydrogen-bond acceptors (Lipinski definition) is 2. The number of rotatable bonds is 0. The normalized spacial score (nSPS) is 8.11. The number of hydrogen-bond donors (Lipinski definition) is 0. The first kappa shape index (κ1) is 8.54. The van der Waals surface area contributed by atoms with Crippen molar-refractivity contribution >= 4 is 0 Å². The van der Waals surface area contributed by atoms with E-state index in [1.54, 1.807) is 13.0 Å². The Labute approximate surface area is 66.1 Å². The van der Waals surface area contributed by atoms with Gasteiger partial charge in [0.25, 0.3) is 0 Å². The van der Waals surface area contributed by atoms with Crippen molar-refractivity contribution in [3.8, 4) is 0 Å². The van der Waals surface area contributed by atoms with Crippen LogP contribution in [0.25, 0.3) is 0 Å². The Balaban J connectivity index is 0.000000640. The number of aryl methyl sites for hydroxylation is 1. The second kappa shape index (κ2) is 3.55. The topological polar surface area (TPSA) is 44.1 Å². The molecule has 0 fully saturated rings. The summed E-state index contributed by atoms with van der Waals surface area (Å²) in [6.45, 7) is 1.78. The molecule has 0 aliphatic heterocycles. The zero-order valence-electron chi connectivity index (χ0n) is 4.84. The molecule has 0 saturated carbocycles. The summed E-state index contributed by atoms with van der Waals surface area (Å²) in [5.41, 5.74) is 0.486. The van der Waals surface area contributed by atoms with E-state index in [0.29, 0.717) is 0 Å². The van der Waals surface area contributed by atoms with Gasteiger partial charge < -0.3 is 15.0 Å². The van der Waals surface area contributed by atoms with Gasteiger partial charge in [-0.1, -0.05) is 0 Å². The van der Waals surface area contributed by atoms with Gasteiger partial charge in [0, 0.05) is 26.1 Å². The zero-order valence-corrected chi connectivity index (χ0v) is 7.55. The van der Waals surface area contributed by atoms with E-state index in [0.717, 1.165) is 5.69 Å². The molecule has 0 aromatic carbocycles. The van der Waals surface area contributed by atoms with Crippen LogP contribution in [0.2, 0.25) is 0 Å². The first-order valence-corrected chi connectivity index (χ1v) is 2.26. The molecule has 0 bridgehead atoms. The third kappa shape index (κ3) is 2.54. The standard InChI is InChI=1S/C5H6N2O.Re/c1-4-2-3-5(8)7-6-4;/h2-3H,1H3,(H,7,8);/p-1. The molecule has 1 heterocycles. The largest absolute Gasteiger partial charge is 0.541 e. The van der Waals surface area contributed by atoms with Gasteiger partial charge in [0.2, 0.25) is 0 Å². The van der Waals surface area contributed by atoms with E-state index in [-0.39, 0.29) is 26.0 Å². The van der Waals surface area contributed by atoms with Crippen LogP contribution in [-0.4, -0.2) is 5.10 Å². The molecule has 3 nitrogen and oxygen atoms in total. The predicted molar refractivity (Wildman–Crippen MR) is 28.6 cm³/mol. The molecule has 1 radical (unpaired) electrons. The average Bonchev–Trinajstić information content (AvgIpc) is 1.77. The molecule has 49 valence electrons. The summed E-state index contributed by atoms with van der Waals surface area (Å²) >= 11 is 0. The van der Waals surface area contributed by atoms with Gasteiger partial charge in [0.15, 0.2) is 0 Å².